The van der Waals surface area contributed by atoms with E-state index in [1.165, 1.54) is 23.3 Å². The van der Waals surface area contributed by atoms with Crippen molar-refractivity contribution in [3.63, 3.8) is 0 Å². The standard InChI is InChI=1S/C17H21N3OS2/c21-16(15-12-13-4-1-2-5-14(13)23-15)19-7-3-8-20(10-9-19)17-18-6-11-22-17/h6,11-12H,1-5,7-10H2. The summed E-state index contributed by atoms with van der Waals surface area (Å²) in [6, 6.07) is 2.16. The molecule has 2 aromatic heterocycles. The number of aryl methyl sites for hydroxylation is 2. The van der Waals surface area contributed by atoms with Crippen LogP contribution in [0.1, 0.15) is 39.4 Å². The lowest BCUT2D eigenvalue weighted by atomic mass is 9.99. The van der Waals surface area contributed by atoms with Gasteiger partial charge in [-0.25, -0.2) is 4.98 Å². The topological polar surface area (TPSA) is 36.4 Å². The van der Waals surface area contributed by atoms with Crippen molar-refractivity contribution in [2.45, 2.75) is 32.1 Å². The summed E-state index contributed by atoms with van der Waals surface area (Å²) in [5.74, 6) is 0.227. The Morgan fingerprint density at radius 2 is 2.00 bits per heavy atom. The Bertz CT molecular complexity index is 657. The lowest BCUT2D eigenvalue weighted by molar-refractivity contribution is 0.0772. The first-order chi connectivity index (χ1) is 11.3. The summed E-state index contributed by atoms with van der Waals surface area (Å²) in [4.78, 5) is 24.0. The Balaban J connectivity index is 1.45. The van der Waals surface area contributed by atoms with Crippen molar-refractivity contribution < 1.29 is 4.79 Å². The molecule has 3 heterocycles. The van der Waals surface area contributed by atoms with Crippen LogP contribution in [0.15, 0.2) is 17.6 Å². The van der Waals surface area contributed by atoms with Crippen molar-refractivity contribution >= 4 is 33.7 Å². The molecule has 0 radical (unpaired) electrons. The maximum Gasteiger partial charge on any atom is 0.263 e. The average Bonchev–Trinajstić information content (AvgIpc) is 3.19. The highest BCUT2D eigenvalue weighted by atomic mass is 32.1. The first-order valence-corrected chi connectivity index (χ1v) is 10.1. The molecule has 0 saturated carbocycles. The molecule has 1 amide bonds. The molecule has 0 N–H and O–H groups in total. The lowest BCUT2D eigenvalue weighted by Crippen LogP contribution is -2.34. The molecule has 0 unspecified atom stereocenters. The second kappa shape index (κ2) is 6.61. The number of nitrogens with zero attached hydrogens (tertiary/aromatic N) is 3. The first kappa shape index (κ1) is 15.1. The van der Waals surface area contributed by atoms with Gasteiger partial charge in [0, 0.05) is 42.6 Å². The predicted molar refractivity (Wildman–Crippen MR) is 95.8 cm³/mol. The largest absolute Gasteiger partial charge is 0.346 e. The maximum atomic E-state index is 12.9. The molecule has 1 saturated heterocycles. The van der Waals surface area contributed by atoms with Crippen molar-refractivity contribution in [2.24, 2.45) is 0 Å². The van der Waals surface area contributed by atoms with Gasteiger partial charge in [-0.3, -0.25) is 4.79 Å². The van der Waals surface area contributed by atoms with Crippen molar-refractivity contribution in [3.05, 3.63) is 33.0 Å². The summed E-state index contributed by atoms with van der Waals surface area (Å²) in [5, 5.41) is 3.09. The second-order valence-electron chi connectivity index (χ2n) is 6.21. The van der Waals surface area contributed by atoms with Gasteiger partial charge in [-0.15, -0.1) is 22.7 Å². The Hall–Kier alpha value is -1.40. The van der Waals surface area contributed by atoms with Gasteiger partial charge in [0.25, 0.3) is 5.91 Å². The van der Waals surface area contributed by atoms with E-state index < -0.39 is 0 Å². The summed E-state index contributed by atoms with van der Waals surface area (Å²) in [7, 11) is 0. The number of aromatic nitrogens is 1. The fraction of sp³-hybridized carbons (Fsp3) is 0.529. The van der Waals surface area contributed by atoms with Crippen LogP contribution in [0.4, 0.5) is 5.13 Å². The molecule has 122 valence electrons. The number of anilines is 1. The fourth-order valence-corrected chi connectivity index (χ4v) is 5.35. The number of carbonyl (C=O) groups is 1. The molecule has 0 aromatic carbocycles. The molecule has 1 aliphatic carbocycles. The Labute approximate surface area is 144 Å². The fourth-order valence-electron chi connectivity index (χ4n) is 3.44. The quantitative estimate of drug-likeness (QED) is 0.835. The minimum Gasteiger partial charge on any atom is -0.346 e. The van der Waals surface area contributed by atoms with Gasteiger partial charge in [-0.2, -0.15) is 0 Å². The zero-order chi connectivity index (χ0) is 15.6. The van der Waals surface area contributed by atoms with E-state index >= 15 is 0 Å². The van der Waals surface area contributed by atoms with E-state index in [1.807, 2.05) is 16.5 Å². The van der Waals surface area contributed by atoms with Gasteiger partial charge < -0.3 is 9.80 Å². The van der Waals surface area contributed by atoms with Crippen molar-refractivity contribution in [3.8, 4) is 0 Å². The van der Waals surface area contributed by atoms with Crippen molar-refractivity contribution in [1.29, 1.82) is 0 Å². The van der Waals surface area contributed by atoms with Crippen LogP contribution in [0.5, 0.6) is 0 Å². The van der Waals surface area contributed by atoms with E-state index in [0.29, 0.717) is 0 Å². The molecule has 1 aliphatic heterocycles. The number of hydrogen-bond donors (Lipinski definition) is 0. The molecule has 2 aliphatic rings. The van der Waals surface area contributed by atoms with E-state index in [0.717, 1.165) is 55.5 Å². The Morgan fingerprint density at radius 1 is 1.09 bits per heavy atom. The van der Waals surface area contributed by atoms with E-state index in [2.05, 4.69) is 16.0 Å². The number of hydrogen-bond acceptors (Lipinski definition) is 5. The van der Waals surface area contributed by atoms with Crippen LogP contribution in [0.3, 0.4) is 0 Å². The zero-order valence-corrected chi connectivity index (χ0v) is 14.8. The predicted octanol–water partition coefficient (Wildman–Crippen LogP) is 3.44. The number of amides is 1. The number of thiophene rings is 1. The molecular formula is C17H21N3OS2. The van der Waals surface area contributed by atoms with E-state index in [1.54, 1.807) is 22.7 Å². The van der Waals surface area contributed by atoms with E-state index in [4.69, 9.17) is 0 Å². The van der Waals surface area contributed by atoms with E-state index in [-0.39, 0.29) is 5.91 Å². The molecular weight excluding hydrogens is 326 g/mol. The number of thiazole rings is 1. The third-order valence-corrected chi connectivity index (χ3v) is 6.74. The van der Waals surface area contributed by atoms with Gasteiger partial charge in [-0.1, -0.05) is 0 Å². The van der Waals surface area contributed by atoms with Crippen LogP contribution in [0, 0.1) is 0 Å². The minimum absolute atomic E-state index is 0.227. The van der Waals surface area contributed by atoms with Crippen LogP contribution in [-0.4, -0.2) is 42.0 Å². The minimum atomic E-state index is 0.227. The van der Waals surface area contributed by atoms with Crippen LogP contribution in [0.2, 0.25) is 0 Å². The van der Waals surface area contributed by atoms with Gasteiger partial charge in [0.05, 0.1) is 4.88 Å². The van der Waals surface area contributed by atoms with Gasteiger partial charge in [-0.05, 0) is 43.7 Å². The zero-order valence-electron chi connectivity index (χ0n) is 13.2. The summed E-state index contributed by atoms with van der Waals surface area (Å²) in [5.41, 5.74) is 1.42. The van der Waals surface area contributed by atoms with E-state index in [9.17, 15) is 4.79 Å². The third kappa shape index (κ3) is 3.15. The average molecular weight is 348 g/mol. The van der Waals surface area contributed by atoms with Crippen LogP contribution in [0.25, 0.3) is 0 Å². The summed E-state index contributed by atoms with van der Waals surface area (Å²) < 4.78 is 0. The molecule has 6 heteroatoms. The Kier molecular flexibility index (Phi) is 4.35. The SMILES string of the molecule is O=C(c1cc2c(s1)CCCC2)N1CCCN(c2nccs2)CC1. The maximum absolute atomic E-state index is 12.9. The second-order valence-corrected chi connectivity index (χ2v) is 8.22. The molecule has 4 rings (SSSR count). The molecule has 0 spiro atoms. The molecule has 4 nitrogen and oxygen atoms in total. The Morgan fingerprint density at radius 3 is 2.83 bits per heavy atom. The molecule has 23 heavy (non-hydrogen) atoms. The number of rotatable bonds is 2. The highest BCUT2D eigenvalue weighted by Crippen LogP contribution is 2.30. The van der Waals surface area contributed by atoms with Gasteiger partial charge >= 0.3 is 0 Å². The van der Waals surface area contributed by atoms with Crippen LogP contribution >= 0.6 is 22.7 Å². The van der Waals surface area contributed by atoms with Crippen molar-refractivity contribution in [1.82, 2.24) is 9.88 Å². The van der Waals surface area contributed by atoms with Crippen LogP contribution in [-0.2, 0) is 12.8 Å². The molecule has 1 fully saturated rings. The summed E-state index contributed by atoms with van der Waals surface area (Å²) in [6.45, 7) is 3.51. The molecule has 2 aromatic rings. The number of carbonyl (C=O) groups excluding carboxylic acids is 1. The van der Waals surface area contributed by atoms with Gasteiger partial charge in [0.2, 0.25) is 0 Å². The monoisotopic (exact) mass is 347 g/mol. The van der Waals surface area contributed by atoms with Gasteiger partial charge in [0.15, 0.2) is 5.13 Å². The summed E-state index contributed by atoms with van der Waals surface area (Å²) >= 11 is 3.40. The number of fused-ring (bicyclic) bond motifs is 1. The third-order valence-electron chi connectivity index (χ3n) is 4.68. The first-order valence-electron chi connectivity index (χ1n) is 8.36. The highest BCUT2D eigenvalue weighted by molar-refractivity contribution is 7.14. The summed E-state index contributed by atoms with van der Waals surface area (Å²) in [6.07, 6.45) is 7.71. The lowest BCUT2D eigenvalue weighted by Gasteiger charge is -2.21. The van der Waals surface area contributed by atoms with Crippen LogP contribution < -0.4 is 4.90 Å². The molecule has 0 atom stereocenters. The van der Waals surface area contributed by atoms with Crippen molar-refractivity contribution in [2.75, 3.05) is 31.1 Å². The smallest absolute Gasteiger partial charge is 0.263 e. The highest BCUT2D eigenvalue weighted by Gasteiger charge is 2.24. The van der Waals surface area contributed by atoms with Gasteiger partial charge in [0.1, 0.15) is 0 Å². The normalized spacial score (nSPS) is 18.6. The molecule has 0 bridgehead atoms.